The number of aromatic nitrogens is 1. The number of hydrogen-bond acceptors (Lipinski definition) is 3. The Kier molecular flexibility index (Phi) is 2.26. The average Bonchev–Trinajstić information content (AvgIpc) is 2.47. The lowest BCUT2D eigenvalue weighted by Crippen LogP contribution is -2.28. The van der Waals surface area contributed by atoms with E-state index in [2.05, 4.69) is 15.3 Å². The van der Waals surface area contributed by atoms with Crippen molar-refractivity contribution in [3.8, 4) is 0 Å². The van der Waals surface area contributed by atoms with Crippen molar-refractivity contribution in [3.05, 3.63) is 30.1 Å². The molecule has 4 nitrogen and oxygen atoms in total. The minimum Gasteiger partial charge on any atom is -0.312 e. The quantitative estimate of drug-likeness (QED) is 0.738. The molecule has 1 amide bonds. The maximum atomic E-state index is 11.1. The lowest BCUT2D eigenvalue weighted by molar-refractivity contribution is -0.119. The molecular weight excluding hydrogens is 178 g/mol. The normalized spacial score (nSPS) is 20.5. The molecule has 1 unspecified atom stereocenters. The first kappa shape index (κ1) is 8.87. The van der Waals surface area contributed by atoms with Gasteiger partial charge in [-0.15, -0.1) is 0 Å². The van der Waals surface area contributed by atoms with E-state index in [4.69, 9.17) is 0 Å². The Hall–Kier alpha value is -1.71. The first-order valence-electron chi connectivity index (χ1n) is 4.52. The highest BCUT2D eigenvalue weighted by Gasteiger charge is 2.21. The molecule has 0 aliphatic carbocycles. The van der Waals surface area contributed by atoms with Crippen molar-refractivity contribution < 1.29 is 4.79 Å². The monoisotopic (exact) mass is 189 g/mol. The summed E-state index contributed by atoms with van der Waals surface area (Å²) in [5.74, 6) is 0.725. The van der Waals surface area contributed by atoms with Gasteiger partial charge in [0, 0.05) is 18.8 Å². The molecule has 0 saturated heterocycles. The zero-order valence-electron chi connectivity index (χ0n) is 7.90. The minimum absolute atomic E-state index is 0.0194. The SMILES string of the molecule is CC1N=C(Cc2ccncc2)NC1=O. The van der Waals surface area contributed by atoms with Crippen LogP contribution >= 0.6 is 0 Å². The van der Waals surface area contributed by atoms with E-state index in [0.717, 1.165) is 11.4 Å². The van der Waals surface area contributed by atoms with Gasteiger partial charge in [-0.1, -0.05) is 0 Å². The summed E-state index contributed by atoms with van der Waals surface area (Å²) >= 11 is 0. The van der Waals surface area contributed by atoms with Gasteiger partial charge < -0.3 is 5.32 Å². The first-order valence-corrected chi connectivity index (χ1v) is 4.52. The molecule has 1 aliphatic rings. The number of aliphatic imine (C=N–C) groups is 1. The van der Waals surface area contributed by atoms with Gasteiger partial charge in [-0.2, -0.15) is 0 Å². The molecule has 4 heteroatoms. The highest BCUT2D eigenvalue weighted by molar-refractivity contribution is 6.06. The Bertz CT molecular complexity index is 372. The van der Waals surface area contributed by atoms with Crippen LogP contribution in [0, 0.1) is 0 Å². The largest absolute Gasteiger partial charge is 0.312 e. The smallest absolute Gasteiger partial charge is 0.249 e. The molecule has 2 heterocycles. The van der Waals surface area contributed by atoms with Gasteiger partial charge >= 0.3 is 0 Å². The lowest BCUT2D eigenvalue weighted by atomic mass is 10.2. The van der Waals surface area contributed by atoms with E-state index in [1.165, 1.54) is 0 Å². The maximum Gasteiger partial charge on any atom is 0.249 e. The second kappa shape index (κ2) is 3.57. The van der Waals surface area contributed by atoms with Gasteiger partial charge in [0.2, 0.25) is 5.91 Å². The number of carbonyl (C=O) groups excluding carboxylic acids is 1. The summed E-state index contributed by atoms with van der Waals surface area (Å²) < 4.78 is 0. The van der Waals surface area contributed by atoms with E-state index < -0.39 is 0 Å². The van der Waals surface area contributed by atoms with Crippen LogP contribution in [0.3, 0.4) is 0 Å². The first-order chi connectivity index (χ1) is 6.75. The fourth-order valence-electron chi connectivity index (χ4n) is 1.36. The summed E-state index contributed by atoms with van der Waals surface area (Å²) in [6.07, 6.45) is 4.13. The molecule has 0 spiro atoms. The van der Waals surface area contributed by atoms with Gasteiger partial charge in [-0.05, 0) is 24.6 Å². The summed E-state index contributed by atoms with van der Waals surface area (Å²) in [6.45, 7) is 1.79. The Labute approximate surface area is 82.1 Å². The third-order valence-corrected chi connectivity index (χ3v) is 2.12. The molecule has 0 aromatic carbocycles. The number of amides is 1. The number of pyridine rings is 1. The summed E-state index contributed by atoms with van der Waals surface area (Å²) in [6, 6.07) is 3.59. The van der Waals surface area contributed by atoms with Crippen molar-refractivity contribution in [2.45, 2.75) is 19.4 Å². The van der Waals surface area contributed by atoms with E-state index in [0.29, 0.717) is 6.42 Å². The van der Waals surface area contributed by atoms with Crippen molar-refractivity contribution in [1.29, 1.82) is 0 Å². The topological polar surface area (TPSA) is 54.4 Å². The van der Waals surface area contributed by atoms with Crippen LogP contribution in [0.2, 0.25) is 0 Å². The zero-order valence-corrected chi connectivity index (χ0v) is 7.90. The van der Waals surface area contributed by atoms with Gasteiger partial charge in [-0.25, -0.2) is 0 Å². The molecule has 0 radical (unpaired) electrons. The van der Waals surface area contributed by atoms with E-state index in [-0.39, 0.29) is 11.9 Å². The van der Waals surface area contributed by atoms with Crippen LogP contribution < -0.4 is 5.32 Å². The summed E-state index contributed by atoms with van der Waals surface area (Å²) in [7, 11) is 0. The average molecular weight is 189 g/mol. The fourth-order valence-corrected chi connectivity index (χ4v) is 1.36. The van der Waals surface area contributed by atoms with Gasteiger partial charge in [-0.3, -0.25) is 14.8 Å². The van der Waals surface area contributed by atoms with Gasteiger partial charge in [0.05, 0.1) is 0 Å². The van der Waals surface area contributed by atoms with Crippen molar-refractivity contribution in [3.63, 3.8) is 0 Å². The van der Waals surface area contributed by atoms with Gasteiger partial charge in [0.1, 0.15) is 11.9 Å². The molecule has 72 valence electrons. The summed E-state index contributed by atoms with van der Waals surface area (Å²) in [4.78, 5) is 19.3. The molecule has 1 atom stereocenters. The van der Waals surface area contributed by atoms with Crippen LogP contribution in [-0.2, 0) is 11.2 Å². The van der Waals surface area contributed by atoms with Crippen molar-refractivity contribution in [1.82, 2.24) is 10.3 Å². The summed E-state index contributed by atoms with van der Waals surface area (Å²) in [5.41, 5.74) is 1.10. The Balaban J connectivity index is 2.07. The molecule has 1 aliphatic heterocycles. The molecule has 0 saturated carbocycles. The highest BCUT2D eigenvalue weighted by Crippen LogP contribution is 2.04. The molecule has 0 bridgehead atoms. The second-order valence-corrected chi connectivity index (χ2v) is 3.27. The number of hydrogen-bond donors (Lipinski definition) is 1. The minimum atomic E-state index is -0.244. The van der Waals surface area contributed by atoms with E-state index >= 15 is 0 Å². The predicted molar refractivity (Wildman–Crippen MR) is 53.0 cm³/mol. The zero-order chi connectivity index (χ0) is 9.97. The Morgan fingerprint density at radius 2 is 2.14 bits per heavy atom. The molecule has 1 aromatic heterocycles. The molecule has 14 heavy (non-hydrogen) atoms. The van der Waals surface area contributed by atoms with Crippen molar-refractivity contribution in [2.75, 3.05) is 0 Å². The van der Waals surface area contributed by atoms with E-state index in [9.17, 15) is 4.79 Å². The van der Waals surface area contributed by atoms with Crippen molar-refractivity contribution in [2.24, 2.45) is 4.99 Å². The molecule has 0 fully saturated rings. The maximum absolute atomic E-state index is 11.1. The number of nitrogens with one attached hydrogen (secondary N) is 1. The van der Waals surface area contributed by atoms with Crippen LogP contribution in [0.4, 0.5) is 0 Å². The number of rotatable bonds is 2. The molecule has 1 N–H and O–H groups in total. The molecule has 1 aromatic rings. The van der Waals surface area contributed by atoms with Crippen LogP contribution in [0.5, 0.6) is 0 Å². The van der Waals surface area contributed by atoms with Gasteiger partial charge in [0.15, 0.2) is 0 Å². The van der Waals surface area contributed by atoms with E-state index in [1.54, 1.807) is 19.3 Å². The highest BCUT2D eigenvalue weighted by atomic mass is 16.2. The second-order valence-electron chi connectivity index (χ2n) is 3.27. The van der Waals surface area contributed by atoms with Crippen molar-refractivity contribution >= 4 is 11.7 Å². The Morgan fingerprint density at radius 1 is 1.43 bits per heavy atom. The van der Waals surface area contributed by atoms with Gasteiger partial charge in [0.25, 0.3) is 0 Å². The van der Waals surface area contributed by atoms with Crippen LogP contribution in [0.15, 0.2) is 29.5 Å². The summed E-state index contributed by atoms with van der Waals surface area (Å²) in [5, 5.41) is 2.74. The number of nitrogens with zero attached hydrogens (tertiary/aromatic N) is 2. The van der Waals surface area contributed by atoms with E-state index in [1.807, 2.05) is 12.1 Å². The van der Waals surface area contributed by atoms with Crippen LogP contribution in [0.25, 0.3) is 0 Å². The molecule has 2 rings (SSSR count). The number of amidine groups is 1. The third kappa shape index (κ3) is 1.79. The Morgan fingerprint density at radius 3 is 2.71 bits per heavy atom. The standard InChI is InChI=1S/C10H11N3O/c1-7-10(14)13-9(12-7)6-8-2-4-11-5-3-8/h2-5,7H,6H2,1H3,(H,12,13,14). The lowest BCUT2D eigenvalue weighted by Gasteiger charge is -1.99. The van der Waals surface area contributed by atoms with Crippen LogP contribution in [0.1, 0.15) is 12.5 Å². The third-order valence-electron chi connectivity index (χ3n) is 2.12. The fraction of sp³-hybridized carbons (Fsp3) is 0.300. The molecular formula is C10H11N3O. The number of carbonyl (C=O) groups is 1. The predicted octanol–water partition coefficient (Wildman–Crippen LogP) is 0.541. The van der Waals surface area contributed by atoms with Crippen LogP contribution in [-0.4, -0.2) is 22.8 Å².